The standard InChI is InChI=1S/C19H21N5O2/c1-2-3-7-18(26)24(13-14-8-10-17(25)11-9-14)16-6-4-5-15(12-16)19-20-22-23-21-19/h4-6,8-12,25H,2-3,7,13H2,1H3,(H,20,21,22,23). The molecule has 0 unspecified atom stereocenters. The second kappa shape index (κ2) is 8.24. The lowest BCUT2D eigenvalue weighted by Gasteiger charge is -2.23. The van der Waals surface area contributed by atoms with Crippen molar-refractivity contribution < 1.29 is 9.90 Å². The van der Waals surface area contributed by atoms with E-state index in [1.807, 2.05) is 36.4 Å². The number of anilines is 1. The summed E-state index contributed by atoms with van der Waals surface area (Å²) in [7, 11) is 0. The molecule has 0 aliphatic rings. The third-order valence-corrected chi connectivity index (χ3v) is 4.08. The zero-order valence-corrected chi connectivity index (χ0v) is 14.6. The molecule has 2 aromatic carbocycles. The highest BCUT2D eigenvalue weighted by Crippen LogP contribution is 2.25. The Morgan fingerprint density at radius 3 is 2.69 bits per heavy atom. The van der Waals surface area contributed by atoms with Gasteiger partial charge in [0.15, 0.2) is 0 Å². The van der Waals surface area contributed by atoms with E-state index in [0.29, 0.717) is 18.8 Å². The quantitative estimate of drug-likeness (QED) is 0.681. The second-order valence-electron chi connectivity index (χ2n) is 6.04. The van der Waals surface area contributed by atoms with E-state index in [-0.39, 0.29) is 11.7 Å². The molecule has 0 spiro atoms. The maximum atomic E-state index is 12.8. The fourth-order valence-corrected chi connectivity index (χ4v) is 2.67. The minimum atomic E-state index is 0.0604. The van der Waals surface area contributed by atoms with Gasteiger partial charge in [0.2, 0.25) is 11.7 Å². The number of unbranched alkanes of at least 4 members (excludes halogenated alkanes) is 1. The van der Waals surface area contributed by atoms with Gasteiger partial charge in [-0.3, -0.25) is 4.79 Å². The smallest absolute Gasteiger partial charge is 0.227 e. The van der Waals surface area contributed by atoms with Crippen molar-refractivity contribution in [3.8, 4) is 17.1 Å². The van der Waals surface area contributed by atoms with Crippen LogP contribution in [0.25, 0.3) is 11.4 Å². The summed E-state index contributed by atoms with van der Waals surface area (Å²) < 4.78 is 0. The zero-order chi connectivity index (χ0) is 18.4. The van der Waals surface area contributed by atoms with E-state index in [1.54, 1.807) is 17.0 Å². The highest BCUT2D eigenvalue weighted by Gasteiger charge is 2.17. The summed E-state index contributed by atoms with van der Waals surface area (Å²) in [4.78, 5) is 14.6. The van der Waals surface area contributed by atoms with Crippen molar-refractivity contribution in [2.75, 3.05) is 4.90 Å². The van der Waals surface area contributed by atoms with Crippen LogP contribution in [0.5, 0.6) is 5.75 Å². The molecule has 1 amide bonds. The predicted molar refractivity (Wildman–Crippen MR) is 98.4 cm³/mol. The van der Waals surface area contributed by atoms with Crippen LogP contribution in [0.3, 0.4) is 0 Å². The SMILES string of the molecule is CCCCC(=O)N(Cc1ccc(O)cc1)c1cccc(-c2nn[nH]n2)c1. The topological polar surface area (TPSA) is 95.0 Å². The van der Waals surface area contributed by atoms with Crippen molar-refractivity contribution in [2.45, 2.75) is 32.7 Å². The van der Waals surface area contributed by atoms with Gasteiger partial charge < -0.3 is 10.0 Å². The Hall–Kier alpha value is -3.22. The van der Waals surface area contributed by atoms with Gasteiger partial charge in [0.05, 0.1) is 6.54 Å². The number of phenols is 1. The molecule has 1 heterocycles. The number of phenolic OH excluding ortho intramolecular Hbond substituents is 1. The third-order valence-electron chi connectivity index (χ3n) is 4.08. The molecular formula is C19H21N5O2. The first-order chi connectivity index (χ1) is 12.7. The third kappa shape index (κ3) is 4.24. The number of hydrogen-bond acceptors (Lipinski definition) is 5. The molecule has 1 aromatic heterocycles. The van der Waals surface area contributed by atoms with Gasteiger partial charge in [0, 0.05) is 17.7 Å². The molecule has 26 heavy (non-hydrogen) atoms. The van der Waals surface area contributed by atoms with Gasteiger partial charge in [-0.05, 0) is 41.5 Å². The number of amides is 1. The summed E-state index contributed by atoms with van der Waals surface area (Å²) in [5.74, 6) is 0.749. The summed E-state index contributed by atoms with van der Waals surface area (Å²) in [5.41, 5.74) is 2.51. The van der Waals surface area contributed by atoms with Crippen LogP contribution in [0.15, 0.2) is 48.5 Å². The minimum absolute atomic E-state index is 0.0604. The van der Waals surface area contributed by atoms with Crippen LogP contribution in [0.2, 0.25) is 0 Å². The highest BCUT2D eigenvalue weighted by molar-refractivity contribution is 5.93. The van der Waals surface area contributed by atoms with Crippen molar-refractivity contribution in [3.05, 3.63) is 54.1 Å². The number of rotatable bonds is 7. The number of tetrazole rings is 1. The zero-order valence-electron chi connectivity index (χ0n) is 14.6. The van der Waals surface area contributed by atoms with Crippen LogP contribution in [0.4, 0.5) is 5.69 Å². The normalized spacial score (nSPS) is 10.7. The molecule has 3 rings (SSSR count). The Morgan fingerprint density at radius 2 is 2.00 bits per heavy atom. The summed E-state index contributed by atoms with van der Waals surface area (Å²) >= 11 is 0. The van der Waals surface area contributed by atoms with E-state index in [2.05, 4.69) is 27.5 Å². The fourth-order valence-electron chi connectivity index (χ4n) is 2.67. The highest BCUT2D eigenvalue weighted by atomic mass is 16.3. The molecule has 2 N–H and O–H groups in total. The number of aromatic nitrogens is 4. The lowest BCUT2D eigenvalue weighted by Crippen LogP contribution is -2.30. The number of hydrogen-bond donors (Lipinski definition) is 2. The van der Waals surface area contributed by atoms with E-state index in [1.165, 1.54) is 0 Å². The van der Waals surface area contributed by atoms with Crippen LogP contribution >= 0.6 is 0 Å². The first-order valence-corrected chi connectivity index (χ1v) is 8.59. The molecular weight excluding hydrogens is 330 g/mol. The molecule has 0 bridgehead atoms. The Kier molecular flexibility index (Phi) is 5.58. The maximum Gasteiger partial charge on any atom is 0.227 e. The molecule has 0 fully saturated rings. The van der Waals surface area contributed by atoms with E-state index in [0.717, 1.165) is 29.7 Å². The van der Waals surface area contributed by atoms with Crippen molar-refractivity contribution in [1.82, 2.24) is 20.6 Å². The largest absolute Gasteiger partial charge is 0.508 e. The number of aromatic amines is 1. The number of carbonyl (C=O) groups excluding carboxylic acids is 1. The van der Waals surface area contributed by atoms with Gasteiger partial charge in [-0.15, -0.1) is 10.2 Å². The lowest BCUT2D eigenvalue weighted by molar-refractivity contribution is -0.118. The number of nitrogens with zero attached hydrogens (tertiary/aromatic N) is 4. The second-order valence-corrected chi connectivity index (χ2v) is 6.04. The van der Waals surface area contributed by atoms with Gasteiger partial charge in [0.1, 0.15) is 5.75 Å². The minimum Gasteiger partial charge on any atom is -0.508 e. The van der Waals surface area contributed by atoms with Gasteiger partial charge >= 0.3 is 0 Å². The summed E-state index contributed by atoms with van der Waals surface area (Å²) in [6, 6.07) is 14.4. The molecule has 134 valence electrons. The van der Waals surface area contributed by atoms with Crippen LogP contribution in [0.1, 0.15) is 31.7 Å². The number of nitrogens with one attached hydrogen (secondary N) is 1. The van der Waals surface area contributed by atoms with Crippen LogP contribution in [-0.4, -0.2) is 31.6 Å². The average molecular weight is 351 g/mol. The summed E-state index contributed by atoms with van der Waals surface area (Å²) in [6.07, 6.45) is 2.29. The number of carbonyl (C=O) groups is 1. The summed E-state index contributed by atoms with van der Waals surface area (Å²) in [5, 5.41) is 23.5. The molecule has 0 atom stereocenters. The van der Waals surface area contributed by atoms with E-state index in [9.17, 15) is 9.90 Å². The van der Waals surface area contributed by atoms with Crippen molar-refractivity contribution in [3.63, 3.8) is 0 Å². The van der Waals surface area contributed by atoms with Crippen LogP contribution < -0.4 is 4.90 Å². The monoisotopic (exact) mass is 351 g/mol. The molecule has 0 aliphatic carbocycles. The van der Waals surface area contributed by atoms with Crippen LogP contribution in [-0.2, 0) is 11.3 Å². The number of benzene rings is 2. The van der Waals surface area contributed by atoms with Gasteiger partial charge in [-0.1, -0.05) is 37.6 Å². The maximum absolute atomic E-state index is 12.8. The predicted octanol–water partition coefficient (Wildman–Crippen LogP) is 3.30. The van der Waals surface area contributed by atoms with Gasteiger partial charge in [0.25, 0.3) is 0 Å². The Morgan fingerprint density at radius 1 is 1.19 bits per heavy atom. The van der Waals surface area contributed by atoms with E-state index in [4.69, 9.17) is 0 Å². The molecule has 0 saturated heterocycles. The van der Waals surface area contributed by atoms with Crippen molar-refractivity contribution >= 4 is 11.6 Å². The fraction of sp³-hybridized carbons (Fsp3) is 0.263. The van der Waals surface area contributed by atoms with Crippen molar-refractivity contribution in [1.29, 1.82) is 0 Å². The molecule has 0 radical (unpaired) electrons. The van der Waals surface area contributed by atoms with E-state index < -0.39 is 0 Å². The Labute approximate surface area is 151 Å². The molecule has 7 nitrogen and oxygen atoms in total. The molecule has 0 aliphatic heterocycles. The van der Waals surface area contributed by atoms with Gasteiger partial charge in [-0.25, -0.2) is 0 Å². The van der Waals surface area contributed by atoms with Crippen LogP contribution in [0, 0.1) is 0 Å². The first kappa shape index (κ1) is 17.6. The summed E-state index contributed by atoms with van der Waals surface area (Å²) in [6.45, 7) is 2.49. The first-order valence-electron chi connectivity index (χ1n) is 8.59. The number of aromatic hydroxyl groups is 1. The van der Waals surface area contributed by atoms with E-state index >= 15 is 0 Å². The number of H-pyrrole nitrogens is 1. The lowest BCUT2D eigenvalue weighted by atomic mass is 10.1. The Bertz CT molecular complexity index is 847. The molecule has 3 aromatic rings. The van der Waals surface area contributed by atoms with Crippen molar-refractivity contribution in [2.24, 2.45) is 0 Å². The average Bonchev–Trinajstić information content (AvgIpc) is 3.20. The van der Waals surface area contributed by atoms with Gasteiger partial charge in [-0.2, -0.15) is 5.21 Å². The Balaban J connectivity index is 1.90. The molecule has 0 saturated carbocycles. The molecule has 7 heteroatoms.